The van der Waals surface area contributed by atoms with E-state index in [1.807, 2.05) is 17.4 Å². The first kappa shape index (κ1) is 13.3. The summed E-state index contributed by atoms with van der Waals surface area (Å²) in [5.41, 5.74) is 2.54. The Hall–Kier alpha value is -0.710. The van der Waals surface area contributed by atoms with Crippen molar-refractivity contribution >= 4 is 27.3 Å². The molecule has 19 heavy (non-hydrogen) atoms. The predicted octanol–water partition coefficient (Wildman–Crippen LogP) is 4.56. The fourth-order valence-electron chi connectivity index (χ4n) is 2.15. The topological polar surface area (TPSA) is 24.9 Å². The summed E-state index contributed by atoms with van der Waals surface area (Å²) in [5, 5.41) is 4.57. The number of aromatic nitrogens is 1. The van der Waals surface area contributed by atoms with Crippen LogP contribution < -0.4 is 5.32 Å². The second kappa shape index (κ2) is 5.73. The number of nitrogens with one attached hydrogen (secondary N) is 1. The first-order valence-corrected chi connectivity index (χ1v) is 8.35. The number of thiazole rings is 1. The van der Waals surface area contributed by atoms with Gasteiger partial charge in [0.05, 0.1) is 5.69 Å². The minimum Gasteiger partial charge on any atom is -0.312 e. The zero-order chi connectivity index (χ0) is 13.2. The van der Waals surface area contributed by atoms with Gasteiger partial charge in [-0.25, -0.2) is 4.98 Å². The molecule has 1 aromatic heterocycles. The zero-order valence-corrected chi connectivity index (χ0v) is 13.4. The van der Waals surface area contributed by atoms with E-state index in [0.29, 0.717) is 5.92 Å². The van der Waals surface area contributed by atoms with Crippen molar-refractivity contribution in [1.82, 2.24) is 10.3 Å². The molecule has 100 valence electrons. The number of hydrogen-bond donors (Lipinski definition) is 1. The smallest absolute Gasteiger partial charge is 0.125 e. The van der Waals surface area contributed by atoms with Crippen LogP contribution >= 0.6 is 27.3 Å². The third-order valence-corrected chi connectivity index (χ3v) is 5.13. The highest BCUT2D eigenvalue weighted by Gasteiger charge is 2.29. The lowest BCUT2D eigenvalue weighted by Crippen LogP contribution is -2.11. The molecule has 1 heterocycles. The van der Waals surface area contributed by atoms with Crippen LogP contribution in [-0.2, 0) is 6.54 Å². The molecular formula is C15H17BrN2S. The Kier molecular flexibility index (Phi) is 4.01. The molecular weight excluding hydrogens is 320 g/mol. The molecule has 1 aliphatic carbocycles. The summed E-state index contributed by atoms with van der Waals surface area (Å²) in [6.45, 7) is 4.10. The second-order valence-electron chi connectivity index (χ2n) is 4.86. The van der Waals surface area contributed by atoms with Crippen molar-refractivity contribution in [3.05, 3.63) is 39.3 Å². The highest BCUT2D eigenvalue weighted by Crippen LogP contribution is 2.44. The van der Waals surface area contributed by atoms with Crippen LogP contribution in [0.25, 0.3) is 10.6 Å². The summed E-state index contributed by atoms with van der Waals surface area (Å²) in [4.78, 5) is 6.32. The summed E-state index contributed by atoms with van der Waals surface area (Å²) in [5.74, 6) is 0.709. The average molecular weight is 337 g/mol. The standard InChI is InChI=1S/C15H17BrN2S/c1-2-17-9-13-14(10-7-8-10)18-15(19-13)11-5-3-4-6-12(11)16/h3-6,10,17H,2,7-9H2,1H3. The minimum atomic E-state index is 0.709. The van der Waals surface area contributed by atoms with Crippen molar-refractivity contribution in [1.29, 1.82) is 0 Å². The Balaban J connectivity index is 1.96. The molecule has 0 unspecified atom stereocenters. The van der Waals surface area contributed by atoms with Gasteiger partial charge in [-0.2, -0.15) is 0 Å². The van der Waals surface area contributed by atoms with Crippen molar-refractivity contribution in [2.45, 2.75) is 32.2 Å². The van der Waals surface area contributed by atoms with Crippen molar-refractivity contribution in [2.24, 2.45) is 0 Å². The van der Waals surface area contributed by atoms with Crippen molar-refractivity contribution in [3.8, 4) is 10.6 Å². The molecule has 1 aliphatic rings. The van der Waals surface area contributed by atoms with Gasteiger partial charge >= 0.3 is 0 Å². The molecule has 0 amide bonds. The molecule has 1 N–H and O–H groups in total. The number of benzene rings is 1. The Morgan fingerprint density at radius 3 is 2.84 bits per heavy atom. The van der Waals surface area contributed by atoms with Gasteiger partial charge in [0, 0.05) is 27.4 Å². The lowest BCUT2D eigenvalue weighted by atomic mass is 10.2. The molecule has 1 aromatic carbocycles. The molecule has 0 radical (unpaired) electrons. The molecule has 0 spiro atoms. The minimum absolute atomic E-state index is 0.709. The number of nitrogens with zero attached hydrogens (tertiary/aromatic N) is 1. The summed E-state index contributed by atoms with van der Waals surface area (Å²) >= 11 is 5.45. The summed E-state index contributed by atoms with van der Waals surface area (Å²) in [7, 11) is 0. The highest BCUT2D eigenvalue weighted by molar-refractivity contribution is 9.10. The van der Waals surface area contributed by atoms with Crippen LogP contribution in [0.1, 0.15) is 36.3 Å². The molecule has 1 saturated carbocycles. The maximum atomic E-state index is 4.90. The summed E-state index contributed by atoms with van der Waals surface area (Å²) in [6, 6.07) is 8.33. The van der Waals surface area contributed by atoms with Gasteiger partial charge in [-0.05, 0) is 25.5 Å². The van der Waals surface area contributed by atoms with Gasteiger partial charge in [0.2, 0.25) is 0 Å². The lowest BCUT2D eigenvalue weighted by Gasteiger charge is -2.00. The second-order valence-corrected chi connectivity index (χ2v) is 6.80. The van der Waals surface area contributed by atoms with E-state index in [2.05, 4.69) is 46.4 Å². The van der Waals surface area contributed by atoms with E-state index in [1.54, 1.807) is 0 Å². The van der Waals surface area contributed by atoms with Crippen LogP contribution in [0.4, 0.5) is 0 Å². The largest absolute Gasteiger partial charge is 0.312 e. The molecule has 1 fully saturated rings. The number of hydrogen-bond acceptors (Lipinski definition) is 3. The zero-order valence-electron chi connectivity index (χ0n) is 10.9. The van der Waals surface area contributed by atoms with Gasteiger partial charge in [0.25, 0.3) is 0 Å². The van der Waals surface area contributed by atoms with Gasteiger partial charge in [-0.15, -0.1) is 11.3 Å². The van der Waals surface area contributed by atoms with E-state index in [0.717, 1.165) is 22.6 Å². The van der Waals surface area contributed by atoms with Crippen LogP contribution in [0.2, 0.25) is 0 Å². The molecule has 3 rings (SSSR count). The number of rotatable bonds is 5. The van der Waals surface area contributed by atoms with Gasteiger partial charge in [0.1, 0.15) is 5.01 Å². The highest BCUT2D eigenvalue weighted by atomic mass is 79.9. The van der Waals surface area contributed by atoms with Crippen LogP contribution in [0.3, 0.4) is 0 Å². The number of halogens is 1. The lowest BCUT2D eigenvalue weighted by molar-refractivity contribution is 0.727. The Bertz CT molecular complexity index is 575. The van der Waals surface area contributed by atoms with E-state index in [4.69, 9.17) is 4.98 Å². The van der Waals surface area contributed by atoms with E-state index < -0.39 is 0 Å². The third-order valence-electron chi connectivity index (χ3n) is 3.33. The molecule has 0 bridgehead atoms. The third kappa shape index (κ3) is 2.91. The molecule has 0 aliphatic heterocycles. The Morgan fingerprint density at radius 1 is 1.37 bits per heavy atom. The van der Waals surface area contributed by atoms with Crippen LogP contribution in [0.15, 0.2) is 28.7 Å². The fraction of sp³-hybridized carbons (Fsp3) is 0.400. The summed E-state index contributed by atoms with van der Waals surface area (Å²) < 4.78 is 1.13. The predicted molar refractivity (Wildman–Crippen MR) is 84.6 cm³/mol. The van der Waals surface area contributed by atoms with E-state index in [9.17, 15) is 0 Å². The maximum absolute atomic E-state index is 4.90. The van der Waals surface area contributed by atoms with Gasteiger partial charge in [-0.1, -0.05) is 41.1 Å². The van der Waals surface area contributed by atoms with Gasteiger partial charge < -0.3 is 5.32 Å². The normalized spacial score (nSPS) is 14.8. The SMILES string of the molecule is CCNCc1sc(-c2ccccc2Br)nc1C1CC1. The van der Waals surface area contributed by atoms with E-state index in [1.165, 1.54) is 29.0 Å². The van der Waals surface area contributed by atoms with Crippen LogP contribution in [0.5, 0.6) is 0 Å². The average Bonchev–Trinajstić information content (AvgIpc) is 3.18. The Morgan fingerprint density at radius 2 is 2.16 bits per heavy atom. The maximum Gasteiger partial charge on any atom is 0.125 e. The molecule has 0 saturated heterocycles. The fourth-order valence-corrected chi connectivity index (χ4v) is 3.91. The van der Waals surface area contributed by atoms with Crippen LogP contribution in [0, 0.1) is 0 Å². The van der Waals surface area contributed by atoms with Crippen LogP contribution in [-0.4, -0.2) is 11.5 Å². The first-order valence-electron chi connectivity index (χ1n) is 6.74. The van der Waals surface area contributed by atoms with Gasteiger partial charge in [0.15, 0.2) is 0 Å². The molecule has 4 heteroatoms. The molecule has 2 aromatic rings. The quantitative estimate of drug-likeness (QED) is 0.865. The van der Waals surface area contributed by atoms with Crippen molar-refractivity contribution in [3.63, 3.8) is 0 Å². The van der Waals surface area contributed by atoms with E-state index >= 15 is 0 Å². The monoisotopic (exact) mass is 336 g/mol. The summed E-state index contributed by atoms with van der Waals surface area (Å²) in [6.07, 6.45) is 2.61. The molecule has 0 atom stereocenters. The van der Waals surface area contributed by atoms with Crippen molar-refractivity contribution in [2.75, 3.05) is 6.54 Å². The molecule has 2 nitrogen and oxygen atoms in total. The van der Waals surface area contributed by atoms with Crippen molar-refractivity contribution < 1.29 is 0 Å². The van der Waals surface area contributed by atoms with E-state index in [-0.39, 0.29) is 0 Å². The first-order chi connectivity index (χ1) is 9.29. The Labute approximate surface area is 126 Å². The van der Waals surface area contributed by atoms with Gasteiger partial charge in [-0.3, -0.25) is 0 Å².